The molecule has 0 aliphatic heterocycles. The van der Waals surface area contributed by atoms with E-state index in [1.54, 1.807) is 0 Å². The lowest BCUT2D eigenvalue weighted by atomic mass is 10.5. The zero-order valence-corrected chi connectivity index (χ0v) is 6.90. The minimum Gasteiger partial charge on any atom is -0.366 e. The second-order valence-corrected chi connectivity index (χ2v) is 1.74. The number of carbonyl (C=O) groups is 3. The molecule has 0 rings (SSSR count). The zero-order valence-electron chi connectivity index (χ0n) is 6.90. The molecule has 0 aliphatic carbocycles. The highest BCUT2D eigenvalue weighted by molar-refractivity contribution is 5.95. The molecule has 0 aromatic carbocycles. The Balaban J connectivity index is 0. The smallest absolute Gasteiger partial charge is 0.241 e. The predicted molar refractivity (Wildman–Crippen MR) is 46.9 cm³/mol. The molecule has 0 spiro atoms. The number of amides is 3. The normalized spacial score (nSPS) is 8.31. The van der Waals surface area contributed by atoms with Gasteiger partial charge in [-0.25, -0.2) is 0 Å². The summed E-state index contributed by atoms with van der Waals surface area (Å²) in [5.74, 6) is -1.84. The van der Waals surface area contributed by atoms with Crippen LogP contribution in [0.2, 0.25) is 0 Å². The second kappa shape index (κ2) is 7.99. The maximum Gasteiger partial charge on any atom is 0.241 e. The van der Waals surface area contributed by atoms with Gasteiger partial charge in [0.15, 0.2) is 0 Å². The van der Waals surface area contributed by atoms with E-state index >= 15 is 0 Å². The Labute approximate surface area is 75.1 Å². The topological polar surface area (TPSA) is 129 Å². The molecule has 3 amide bonds. The van der Waals surface area contributed by atoms with E-state index in [-0.39, 0.29) is 0 Å². The molecule has 0 aliphatic rings. The molecule has 0 aromatic heterocycles. The van der Waals surface area contributed by atoms with Crippen LogP contribution in [0.25, 0.3) is 0 Å². The molecule has 0 atom stereocenters. The summed E-state index contributed by atoms with van der Waals surface area (Å²) in [5.41, 5.74) is 13.7. The van der Waals surface area contributed by atoms with Crippen LogP contribution in [0.1, 0.15) is 0 Å². The third-order valence-corrected chi connectivity index (χ3v) is 0.613. The Morgan fingerprint density at radius 2 is 1.08 bits per heavy atom. The average molecular weight is 185 g/mol. The first-order chi connectivity index (χ1) is 5.90. The summed E-state index contributed by atoms with van der Waals surface area (Å²) in [6.07, 6.45) is 2.87. The molecule has 6 nitrogen and oxygen atoms in total. The number of rotatable bonds is 3. The summed E-state index contributed by atoms with van der Waals surface area (Å²) in [5, 5.41) is 0. The van der Waals surface area contributed by atoms with Gasteiger partial charge >= 0.3 is 0 Å². The van der Waals surface area contributed by atoms with Gasteiger partial charge in [0.1, 0.15) is 0 Å². The Morgan fingerprint density at radius 3 is 1.15 bits per heavy atom. The van der Waals surface area contributed by atoms with Crippen molar-refractivity contribution in [1.82, 2.24) is 0 Å². The Kier molecular flexibility index (Phi) is 8.28. The summed E-state index contributed by atoms with van der Waals surface area (Å²) < 4.78 is 0. The van der Waals surface area contributed by atoms with E-state index in [0.717, 1.165) is 18.2 Å². The fourth-order valence-corrected chi connectivity index (χ4v) is 0.164. The molecule has 72 valence electrons. The number of nitrogens with two attached hydrogens (primary N) is 3. The first-order valence-electron chi connectivity index (χ1n) is 3.09. The van der Waals surface area contributed by atoms with E-state index in [9.17, 15) is 14.4 Å². The van der Waals surface area contributed by atoms with Crippen molar-refractivity contribution in [3.8, 4) is 0 Å². The van der Waals surface area contributed by atoms with Crippen LogP contribution in [0.4, 0.5) is 0 Å². The lowest BCUT2D eigenvalue weighted by molar-refractivity contribution is -0.115. The van der Waals surface area contributed by atoms with Crippen molar-refractivity contribution in [3.63, 3.8) is 0 Å². The molecular weight excluding hydrogens is 174 g/mol. The summed E-state index contributed by atoms with van der Waals surface area (Å²) in [7, 11) is 0. The van der Waals surface area contributed by atoms with E-state index in [1.807, 2.05) is 0 Å². The standard InChI is InChI=1S/C4H6N2O2.C3H5NO/c5-3(7)1-2-4(6)8;1-2-3(4)5/h1-2H,(H2,5,7)(H2,6,8);2H,1H2,(H2,4,5)/b2-1-;. The molecular formula is C7H11N3O3. The van der Waals surface area contributed by atoms with Gasteiger partial charge in [0.25, 0.3) is 0 Å². The Morgan fingerprint density at radius 1 is 0.846 bits per heavy atom. The molecule has 0 unspecified atom stereocenters. The molecule has 0 saturated heterocycles. The summed E-state index contributed by atoms with van der Waals surface area (Å²) in [6, 6.07) is 0. The van der Waals surface area contributed by atoms with Gasteiger partial charge in [-0.1, -0.05) is 6.58 Å². The van der Waals surface area contributed by atoms with Crippen LogP contribution in [0.5, 0.6) is 0 Å². The largest absolute Gasteiger partial charge is 0.366 e. The number of carbonyl (C=O) groups excluding carboxylic acids is 3. The summed E-state index contributed by atoms with van der Waals surface area (Å²) in [4.78, 5) is 29.1. The van der Waals surface area contributed by atoms with Gasteiger partial charge < -0.3 is 17.2 Å². The third kappa shape index (κ3) is 25.7. The van der Waals surface area contributed by atoms with Crippen molar-refractivity contribution in [2.45, 2.75) is 0 Å². The number of hydrogen-bond acceptors (Lipinski definition) is 3. The zero-order chi connectivity index (χ0) is 10.9. The van der Waals surface area contributed by atoms with Gasteiger partial charge in [-0.3, -0.25) is 14.4 Å². The van der Waals surface area contributed by atoms with Crippen LogP contribution < -0.4 is 17.2 Å². The highest BCUT2D eigenvalue weighted by atomic mass is 16.2. The molecule has 0 aromatic rings. The first kappa shape index (κ1) is 13.5. The third-order valence-electron chi connectivity index (χ3n) is 0.613. The minimum atomic E-state index is -0.677. The molecule has 0 bridgehead atoms. The van der Waals surface area contributed by atoms with Crippen molar-refractivity contribution in [3.05, 3.63) is 24.8 Å². The van der Waals surface area contributed by atoms with Crippen molar-refractivity contribution in [1.29, 1.82) is 0 Å². The van der Waals surface area contributed by atoms with Crippen molar-refractivity contribution < 1.29 is 14.4 Å². The highest BCUT2D eigenvalue weighted by Gasteiger charge is 1.83. The van der Waals surface area contributed by atoms with Gasteiger partial charge in [-0.15, -0.1) is 0 Å². The fourth-order valence-electron chi connectivity index (χ4n) is 0.164. The van der Waals surface area contributed by atoms with E-state index in [1.165, 1.54) is 0 Å². The van der Waals surface area contributed by atoms with Crippen LogP contribution in [0.3, 0.4) is 0 Å². The number of hydrogen-bond donors (Lipinski definition) is 3. The Bertz CT molecular complexity index is 229. The first-order valence-corrected chi connectivity index (χ1v) is 3.09. The van der Waals surface area contributed by atoms with Crippen molar-refractivity contribution in [2.75, 3.05) is 0 Å². The minimum absolute atomic E-state index is 0.481. The molecule has 0 saturated carbocycles. The lowest BCUT2D eigenvalue weighted by Crippen LogP contribution is -2.10. The van der Waals surface area contributed by atoms with Crippen LogP contribution in [0, 0.1) is 0 Å². The van der Waals surface area contributed by atoms with Gasteiger partial charge in [0.2, 0.25) is 17.7 Å². The van der Waals surface area contributed by atoms with Crippen LogP contribution in [-0.4, -0.2) is 17.7 Å². The van der Waals surface area contributed by atoms with E-state index in [4.69, 9.17) is 0 Å². The summed E-state index contributed by atoms with van der Waals surface area (Å²) >= 11 is 0. The predicted octanol–water partition coefficient (Wildman–Crippen LogP) is -1.83. The average Bonchev–Trinajstić information content (AvgIpc) is 2.02. The van der Waals surface area contributed by atoms with Gasteiger partial charge in [0.05, 0.1) is 0 Å². The van der Waals surface area contributed by atoms with E-state index in [0.29, 0.717) is 0 Å². The maximum absolute atomic E-state index is 9.83. The maximum atomic E-state index is 9.83. The van der Waals surface area contributed by atoms with E-state index < -0.39 is 17.7 Å². The second-order valence-electron chi connectivity index (χ2n) is 1.74. The monoisotopic (exact) mass is 185 g/mol. The number of primary amides is 3. The van der Waals surface area contributed by atoms with Crippen molar-refractivity contribution >= 4 is 17.7 Å². The molecule has 0 fully saturated rings. The van der Waals surface area contributed by atoms with Gasteiger partial charge in [0, 0.05) is 12.2 Å². The molecule has 0 radical (unpaired) electrons. The molecule has 6 N–H and O–H groups in total. The van der Waals surface area contributed by atoms with Crippen LogP contribution in [0.15, 0.2) is 24.8 Å². The quantitative estimate of drug-likeness (QED) is 0.447. The summed E-state index contributed by atoms with van der Waals surface area (Å²) in [6.45, 7) is 3.09. The lowest BCUT2D eigenvalue weighted by Gasteiger charge is -1.76. The Hall–Kier alpha value is -2.11. The fraction of sp³-hybridized carbons (Fsp3) is 0. The molecule has 13 heavy (non-hydrogen) atoms. The SMILES string of the molecule is C=CC(N)=O.NC(=O)/C=C\C(N)=O. The molecule has 6 heteroatoms. The van der Waals surface area contributed by atoms with Crippen molar-refractivity contribution in [2.24, 2.45) is 17.2 Å². The van der Waals surface area contributed by atoms with Gasteiger partial charge in [-0.2, -0.15) is 0 Å². The molecule has 0 heterocycles. The van der Waals surface area contributed by atoms with E-state index in [2.05, 4.69) is 23.8 Å². The van der Waals surface area contributed by atoms with Crippen LogP contribution in [-0.2, 0) is 14.4 Å². The highest BCUT2D eigenvalue weighted by Crippen LogP contribution is 1.65. The van der Waals surface area contributed by atoms with Gasteiger partial charge in [-0.05, 0) is 6.08 Å². The van der Waals surface area contributed by atoms with Crippen LogP contribution >= 0.6 is 0 Å².